The molecule has 1 saturated carbocycles. The zero-order chi connectivity index (χ0) is 13.0. The van der Waals surface area contributed by atoms with E-state index in [2.05, 4.69) is 13.8 Å². The lowest BCUT2D eigenvalue weighted by atomic mass is 9.91. The number of hydrogen-bond donors (Lipinski definition) is 2. The van der Waals surface area contributed by atoms with Gasteiger partial charge in [-0.25, -0.2) is 0 Å². The maximum Gasteiger partial charge on any atom is 0.239 e. The molecule has 0 heterocycles. The predicted molar refractivity (Wildman–Crippen MR) is 68.5 cm³/mol. The van der Waals surface area contributed by atoms with Crippen LogP contribution >= 0.6 is 0 Å². The zero-order valence-electron chi connectivity index (χ0n) is 11.2. The SMILES string of the molecule is CC(C)CC(N)C(=O)N(C)C1CCCCC1O. The van der Waals surface area contributed by atoms with Gasteiger partial charge >= 0.3 is 0 Å². The maximum atomic E-state index is 12.1. The highest BCUT2D eigenvalue weighted by molar-refractivity contribution is 5.81. The summed E-state index contributed by atoms with van der Waals surface area (Å²) in [7, 11) is 1.77. The fraction of sp³-hybridized carbons (Fsp3) is 0.923. The summed E-state index contributed by atoms with van der Waals surface area (Å²) in [4.78, 5) is 13.8. The third-order valence-electron chi connectivity index (χ3n) is 3.58. The Morgan fingerprint density at radius 3 is 2.53 bits per heavy atom. The second kappa shape index (κ2) is 6.36. The molecule has 17 heavy (non-hydrogen) atoms. The Balaban J connectivity index is 2.55. The average Bonchev–Trinajstić information content (AvgIpc) is 2.27. The number of hydrogen-bond acceptors (Lipinski definition) is 3. The quantitative estimate of drug-likeness (QED) is 0.776. The predicted octanol–water partition coefficient (Wildman–Crippen LogP) is 1.12. The smallest absolute Gasteiger partial charge is 0.239 e. The molecule has 0 aromatic heterocycles. The Bertz CT molecular complexity index is 256. The first kappa shape index (κ1) is 14.5. The van der Waals surface area contributed by atoms with Gasteiger partial charge in [0.25, 0.3) is 0 Å². The third kappa shape index (κ3) is 3.96. The Hall–Kier alpha value is -0.610. The lowest BCUT2D eigenvalue weighted by Crippen LogP contribution is -2.51. The third-order valence-corrected chi connectivity index (χ3v) is 3.58. The van der Waals surface area contributed by atoms with E-state index < -0.39 is 6.04 Å². The molecule has 0 spiro atoms. The fourth-order valence-corrected chi connectivity index (χ4v) is 2.58. The summed E-state index contributed by atoms with van der Waals surface area (Å²) >= 11 is 0. The van der Waals surface area contributed by atoms with Crippen LogP contribution in [0.5, 0.6) is 0 Å². The Morgan fingerprint density at radius 2 is 2.00 bits per heavy atom. The summed E-state index contributed by atoms with van der Waals surface area (Å²) in [5, 5.41) is 9.92. The second-order valence-electron chi connectivity index (χ2n) is 5.60. The Kier molecular flexibility index (Phi) is 5.40. The van der Waals surface area contributed by atoms with Crippen molar-refractivity contribution < 1.29 is 9.90 Å². The maximum absolute atomic E-state index is 12.1. The zero-order valence-corrected chi connectivity index (χ0v) is 11.2. The number of rotatable bonds is 4. The van der Waals surface area contributed by atoms with Crippen molar-refractivity contribution in [2.24, 2.45) is 11.7 Å². The standard InChI is InChI=1S/C13H26N2O2/c1-9(2)8-10(14)13(17)15(3)11-6-4-5-7-12(11)16/h9-12,16H,4-8,14H2,1-3H3. The van der Waals surface area contributed by atoms with Crippen LogP contribution in [0.1, 0.15) is 46.0 Å². The lowest BCUT2D eigenvalue weighted by molar-refractivity contribution is -0.137. The van der Waals surface area contributed by atoms with Crippen LogP contribution in [-0.4, -0.2) is 41.1 Å². The highest BCUT2D eigenvalue weighted by atomic mass is 16.3. The number of likely N-dealkylation sites (N-methyl/N-ethyl adjacent to an activating group) is 1. The molecule has 0 saturated heterocycles. The number of carbonyl (C=O) groups is 1. The van der Waals surface area contributed by atoms with Crippen LogP contribution < -0.4 is 5.73 Å². The highest BCUT2D eigenvalue weighted by Crippen LogP contribution is 2.23. The monoisotopic (exact) mass is 242 g/mol. The molecule has 0 aromatic carbocycles. The minimum atomic E-state index is -0.436. The van der Waals surface area contributed by atoms with Crippen LogP contribution in [0, 0.1) is 5.92 Å². The molecule has 1 aliphatic rings. The van der Waals surface area contributed by atoms with E-state index >= 15 is 0 Å². The number of aliphatic hydroxyl groups is 1. The van der Waals surface area contributed by atoms with Gasteiger partial charge in [-0.2, -0.15) is 0 Å². The summed E-state index contributed by atoms with van der Waals surface area (Å²) in [6.07, 6.45) is 4.13. The van der Waals surface area contributed by atoms with E-state index in [4.69, 9.17) is 5.73 Å². The van der Waals surface area contributed by atoms with E-state index in [9.17, 15) is 9.90 Å². The van der Waals surface area contributed by atoms with Crippen LogP contribution in [0.3, 0.4) is 0 Å². The van der Waals surface area contributed by atoms with Crippen molar-refractivity contribution in [3.63, 3.8) is 0 Å². The molecular formula is C13H26N2O2. The molecule has 1 amide bonds. The fourth-order valence-electron chi connectivity index (χ4n) is 2.58. The number of amides is 1. The van der Waals surface area contributed by atoms with Gasteiger partial charge in [-0.05, 0) is 25.2 Å². The first-order chi connectivity index (χ1) is 7.93. The first-order valence-electron chi connectivity index (χ1n) is 6.63. The molecule has 1 fully saturated rings. The summed E-state index contributed by atoms with van der Waals surface area (Å²) in [6, 6.07) is -0.483. The van der Waals surface area contributed by atoms with Crippen LogP contribution in [0.15, 0.2) is 0 Å². The molecular weight excluding hydrogens is 216 g/mol. The molecule has 1 rings (SSSR count). The van der Waals surface area contributed by atoms with E-state index in [1.54, 1.807) is 11.9 Å². The van der Waals surface area contributed by atoms with Crippen molar-refractivity contribution in [2.45, 2.75) is 64.1 Å². The molecule has 3 unspecified atom stereocenters. The second-order valence-corrected chi connectivity index (χ2v) is 5.60. The molecule has 3 atom stereocenters. The van der Waals surface area contributed by atoms with Gasteiger partial charge in [0.1, 0.15) is 0 Å². The molecule has 4 nitrogen and oxygen atoms in total. The summed E-state index contributed by atoms with van der Waals surface area (Å²) in [5.74, 6) is 0.378. The molecule has 0 radical (unpaired) electrons. The molecule has 3 N–H and O–H groups in total. The van der Waals surface area contributed by atoms with E-state index in [0.717, 1.165) is 25.7 Å². The van der Waals surface area contributed by atoms with Crippen LogP contribution in [0.4, 0.5) is 0 Å². The van der Waals surface area contributed by atoms with Crippen molar-refractivity contribution in [3.05, 3.63) is 0 Å². The van der Waals surface area contributed by atoms with Gasteiger partial charge in [0.2, 0.25) is 5.91 Å². The van der Waals surface area contributed by atoms with Crippen molar-refractivity contribution in [2.75, 3.05) is 7.05 Å². The van der Waals surface area contributed by atoms with Crippen LogP contribution in [-0.2, 0) is 4.79 Å². The van der Waals surface area contributed by atoms with Gasteiger partial charge in [0.05, 0.1) is 18.2 Å². The van der Waals surface area contributed by atoms with Gasteiger partial charge in [-0.3, -0.25) is 4.79 Å². The molecule has 0 aromatic rings. The Labute approximate surface area is 104 Å². The number of nitrogens with zero attached hydrogens (tertiary/aromatic N) is 1. The molecule has 100 valence electrons. The van der Waals surface area contributed by atoms with Gasteiger partial charge in [0, 0.05) is 7.05 Å². The van der Waals surface area contributed by atoms with E-state index in [-0.39, 0.29) is 18.1 Å². The number of aliphatic hydroxyl groups excluding tert-OH is 1. The van der Waals surface area contributed by atoms with Crippen molar-refractivity contribution in [1.29, 1.82) is 0 Å². The normalized spacial score (nSPS) is 26.9. The van der Waals surface area contributed by atoms with Gasteiger partial charge in [-0.15, -0.1) is 0 Å². The van der Waals surface area contributed by atoms with Crippen molar-refractivity contribution in [3.8, 4) is 0 Å². The lowest BCUT2D eigenvalue weighted by Gasteiger charge is -2.36. The topological polar surface area (TPSA) is 66.6 Å². The largest absolute Gasteiger partial charge is 0.391 e. The van der Waals surface area contributed by atoms with Crippen molar-refractivity contribution in [1.82, 2.24) is 4.90 Å². The Morgan fingerprint density at radius 1 is 1.41 bits per heavy atom. The van der Waals surface area contributed by atoms with E-state index in [0.29, 0.717) is 12.3 Å². The molecule has 0 bridgehead atoms. The van der Waals surface area contributed by atoms with E-state index in [1.165, 1.54) is 0 Å². The summed E-state index contributed by atoms with van der Waals surface area (Å²) in [6.45, 7) is 4.12. The highest BCUT2D eigenvalue weighted by Gasteiger charge is 2.31. The van der Waals surface area contributed by atoms with Crippen molar-refractivity contribution >= 4 is 5.91 Å². The first-order valence-corrected chi connectivity index (χ1v) is 6.63. The summed E-state index contributed by atoms with van der Waals surface area (Å²) in [5.41, 5.74) is 5.90. The minimum Gasteiger partial charge on any atom is -0.391 e. The van der Waals surface area contributed by atoms with Gasteiger partial charge in [-0.1, -0.05) is 26.7 Å². The van der Waals surface area contributed by atoms with Gasteiger partial charge < -0.3 is 15.7 Å². The average molecular weight is 242 g/mol. The number of nitrogens with two attached hydrogens (primary N) is 1. The molecule has 4 heteroatoms. The molecule has 1 aliphatic carbocycles. The van der Waals surface area contributed by atoms with Crippen LogP contribution in [0.25, 0.3) is 0 Å². The number of carbonyl (C=O) groups excluding carboxylic acids is 1. The van der Waals surface area contributed by atoms with Crippen LogP contribution in [0.2, 0.25) is 0 Å². The van der Waals surface area contributed by atoms with E-state index in [1.807, 2.05) is 0 Å². The minimum absolute atomic E-state index is 0.0374. The molecule has 0 aliphatic heterocycles. The summed E-state index contributed by atoms with van der Waals surface area (Å²) < 4.78 is 0. The van der Waals surface area contributed by atoms with Gasteiger partial charge in [0.15, 0.2) is 0 Å².